The number of hydrogen-bond donors (Lipinski definition) is 0. The van der Waals surface area contributed by atoms with E-state index in [1.807, 2.05) is 12.4 Å². The minimum Gasteiger partial charge on any atom is -0.307 e. The Morgan fingerprint density at radius 1 is 0.447 bits per heavy atom. The molecule has 0 aliphatic carbocycles. The van der Waals surface area contributed by atoms with Crippen LogP contribution < -0.4 is 0 Å². The number of benzene rings is 5. The van der Waals surface area contributed by atoms with Gasteiger partial charge in [0.2, 0.25) is 0 Å². The van der Waals surface area contributed by atoms with Gasteiger partial charge in [0.15, 0.2) is 0 Å². The molecule has 0 N–H and O–H groups in total. The molecule has 3 heteroatoms. The Morgan fingerprint density at radius 2 is 1.00 bits per heavy atom. The molecule has 178 valence electrons. The van der Waals surface area contributed by atoms with Gasteiger partial charge in [-0.05, 0) is 35.9 Å². The predicted molar refractivity (Wildman–Crippen MR) is 158 cm³/mol. The molecule has 0 saturated carbocycles. The molecule has 0 spiro atoms. The van der Waals surface area contributed by atoms with E-state index in [-0.39, 0.29) is 0 Å². The van der Waals surface area contributed by atoms with Crippen LogP contribution in [0.15, 0.2) is 140 Å². The molecule has 0 saturated heterocycles. The summed E-state index contributed by atoms with van der Waals surface area (Å²) in [6.45, 7) is 0. The maximum atomic E-state index is 4.62. The van der Waals surface area contributed by atoms with Gasteiger partial charge in [0.1, 0.15) is 0 Å². The fourth-order valence-corrected chi connectivity index (χ4v) is 6.02. The molecule has 0 aliphatic heterocycles. The lowest BCUT2D eigenvalue weighted by atomic mass is 10.1. The zero-order valence-electron chi connectivity index (χ0n) is 20.6. The van der Waals surface area contributed by atoms with Crippen molar-refractivity contribution in [3.05, 3.63) is 140 Å². The molecule has 8 rings (SSSR count). The number of para-hydroxylation sites is 3. The normalized spacial score (nSPS) is 11.7. The fourth-order valence-electron chi connectivity index (χ4n) is 6.02. The molecule has 3 nitrogen and oxygen atoms in total. The average molecular weight is 486 g/mol. The minimum atomic E-state index is 1.07. The van der Waals surface area contributed by atoms with E-state index in [1.165, 1.54) is 49.2 Å². The van der Waals surface area contributed by atoms with Crippen molar-refractivity contribution in [1.82, 2.24) is 14.1 Å². The minimum absolute atomic E-state index is 1.07. The highest BCUT2D eigenvalue weighted by atomic mass is 15.0. The van der Waals surface area contributed by atoms with Gasteiger partial charge in [0.25, 0.3) is 0 Å². The first-order valence-corrected chi connectivity index (χ1v) is 12.9. The lowest BCUT2D eigenvalue weighted by Crippen LogP contribution is -2.00. The van der Waals surface area contributed by atoms with E-state index >= 15 is 0 Å². The molecule has 3 heterocycles. The van der Waals surface area contributed by atoms with Gasteiger partial charge in [-0.1, -0.05) is 97.1 Å². The van der Waals surface area contributed by atoms with E-state index in [2.05, 4.69) is 142 Å². The number of aromatic nitrogens is 3. The van der Waals surface area contributed by atoms with Crippen LogP contribution in [0.2, 0.25) is 0 Å². The summed E-state index contributed by atoms with van der Waals surface area (Å²) in [5.41, 5.74) is 9.31. The van der Waals surface area contributed by atoms with Crippen LogP contribution in [-0.2, 0) is 0 Å². The molecular weight excluding hydrogens is 462 g/mol. The Labute approximate surface area is 219 Å². The quantitative estimate of drug-likeness (QED) is 0.245. The van der Waals surface area contributed by atoms with E-state index in [4.69, 9.17) is 0 Å². The molecule has 8 aromatic rings. The van der Waals surface area contributed by atoms with E-state index in [0.29, 0.717) is 0 Å². The van der Waals surface area contributed by atoms with Gasteiger partial charge in [0, 0.05) is 39.0 Å². The highest BCUT2D eigenvalue weighted by Crippen LogP contribution is 2.42. The number of nitrogens with zero attached hydrogens (tertiary/aromatic N) is 3. The van der Waals surface area contributed by atoms with Crippen molar-refractivity contribution in [2.24, 2.45) is 0 Å². The summed E-state index contributed by atoms with van der Waals surface area (Å²) in [4.78, 5) is 4.62. The van der Waals surface area contributed by atoms with Gasteiger partial charge < -0.3 is 9.13 Å². The second kappa shape index (κ2) is 8.19. The van der Waals surface area contributed by atoms with Crippen molar-refractivity contribution < 1.29 is 0 Å². The highest BCUT2D eigenvalue weighted by molar-refractivity contribution is 6.24. The second-order valence-corrected chi connectivity index (χ2v) is 9.66. The first-order valence-electron chi connectivity index (χ1n) is 12.9. The molecule has 0 atom stereocenters. The maximum Gasteiger partial charge on any atom is 0.0789 e. The Bertz CT molecular complexity index is 2120. The SMILES string of the molecule is c1ccc(-c2ccncc2-n2c3ccccc3c3ccc4c5ccccc5n(-c5ccccc5)c4c32)cc1. The molecule has 5 aromatic carbocycles. The molecule has 0 bridgehead atoms. The third-order valence-electron chi connectivity index (χ3n) is 7.61. The van der Waals surface area contributed by atoms with Gasteiger partial charge >= 0.3 is 0 Å². The summed E-state index contributed by atoms with van der Waals surface area (Å²) in [6, 6.07) is 45.4. The van der Waals surface area contributed by atoms with Crippen LogP contribution in [0.25, 0.3) is 66.1 Å². The fraction of sp³-hybridized carbons (Fsp3) is 0. The van der Waals surface area contributed by atoms with Crippen LogP contribution in [0, 0.1) is 0 Å². The van der Waals surface area contributed by atoms with Crippen LogP contribution in [0.5, 0.6) is 0 Å². The summed E-state index contributed by atoms with van der Waals surface area (Å²) in [7, 11) is 0. The van der Waals surface area contributed by atoms with Crippen molar-refractivity contribution in [2.45, 2.75) is 0 Å². The highest BCUT2D eigenvalue weighted by Gasteiger charge is 2.22. The largest absolute Gasteiger partial charge is 0.307 e. The third kappa shape index (κ3) is 2.93. The van der Waals surface area contributed by atoms with E-state index < -0.39 is 0 Å². The lowest BCUT2D eigenvalue weighted by molar-refractivity contribution is 1.13. The van der Waals surface area contributed by atoms with Crippen molar-refractivity contribution in [1.29, 1.82) is 0 Å². The zero-order chi connectivity index (χ0) is 25.1. The van der Waals surface area contributed by atoms with Gasteiger partial charge in [0.05, 0.1) is 34.0 Å². The Morgan fingerprint density at radius 3 is 1.68 bits per heavy atom. The monoisotopic (exact) mass is 485 g/mol. The lowest BCUT2D eigenvalue weighted by Gasteiger charge is -2.15. The number of rotatable bonds is 3. The molecule has 0 fully saturated rings. The molecule has 0 amide bonds. The maximum absolute atomic E-state index is 4.62. The summed E-state index contributed by atoms with van der Waals surface area (Å²) in [5.74, 6) is 0. The second-order valence-electron chi connectivity index (χ2n) is 9.66. The van der Waals surface area contributed by atoms with Crippen LogP contribution in [0.3, 0.4) is 0 Å². The molecule has 3 aromatic heterocycles. The summed E-state index contributed by atoms with van der Waals surface area (Å²) < 4.78 is 4.83. The third-order valence-corrected chi connectivity index (χ3v) is 7.61. The van der Waals surface area contributed by atoms with Crippen molar-refractivity contribution in [3.8, 4) is 22.5 Å². The van der Waals surface area contributed by atoms with Crippen LogP contribution >= 0.6 is 0 Å². The van der Waals surface area contributed by atoms with Gasteiger partial charge in [-0.25, -0.2) is 0 Å². The van der Waals surface area contributed by atoms with Crippen LogP contribution in [-0.4, -0.2) is 14.1 Å². The van der Waals surface area contributed by atoms with Crippen molar-refractivity contribution in [2.75, 3.05) is 0 Å². The topological polar surface area (TPSA) is 22.8 Å². The standard InChI is InChI=1S/C35H23N3/c1-3-11-24(12-4-1)26-21-22-36-23-33(26)38-32-18-10-8-16-28(32)30-20-19-29-27-15-7-9-17-31(27)37(34(29)35(30)38)25-13-5-2-6-14-25/h1-23H. The molecule has 0 aliphatic rings. The van der Waals surface area contributed by atoms with Crippen LogP contribution in [0.4, 0.5) is 0 Å². The number of hydrogen-bond acceptors (Lipinski definition) is 1. The Kier molecular flexibility index (Phi) is 4.52. The van der Waals surface area contributed by atoms with Crippen molar-refractivity contribution >= 4 is 43.6 Å². The van der Waals surface area contributed by atoms with Gasteiger partial charge in [-0.15, -0.1) is 0 Å². The summed E-state index contributed by atoms with van der Waals surface area (Å²) in [6.07, 6.45) is 3.89. The first-order chi connectivity index (χ1) is 18.9. The first kappa shape index (κ1) is 21.0. The molecule has 0 radical (unpaired) electrons. The summed E-state index contributed by atoms with van der Waals surface area (Å²) >= 11 is 0. The van der Waals surface area contributed by atoms with Gasteiger partial charge in [-0.2, -0.15) is 0 Å². The smallest absolute Gasteiger partial charge is 0.0789 e. The number of fused-ring (bicyclic) bond motifs is 7. The van der Waals surface area contributed by atoms with E-state index in [9.17, 15) is 0 Å². The predicted octanol–water partition coefficient (Wildman–Crippen LogP) is 8.94. The van der Waals surface area contributed by atoms with E-state index in [1.54, 1.807) is 0 Å². The Hall–Kier alpha value is -5.15. The molecular formula is C35H23N3. The van der Waals surface area contributed by atoms with Crippen molar-refractivity contribution in [3.63, 3.8) is 0 Å². The zero-order valence-corrected chi connectivity index (χ0v) is 20.6. The van der Waals surface area contributed by atoms with Crippen LogP contribution in [0.1, 0.15) is 0 Å². The summed E-state index contributed by atoms with van der Waals surface area (Å²) in [5, 5.41) is 4.96. The van der Waals surface area contributed by atoms with E-state index in [0.717, 1.165) is 16.9 Å². The Balaban J connectivity index is 1.63. The van der Waals surface area contributed by atoms with Gasteiger partial charge in [-0.3, -0.25) is 4.98 Å². The average Bonchev–Trinajstić information content (AvgIpc) is 3.51. The molecule has 38 heavy (non-hydrogen) atoms. The molecule has 0 unspecified atom stereocenters. The number of pyridine rings is 1.